The summed E-state index contributed by atoms with van der Waals surface area (Å²) in [5.41, 5.74) is 5.79. The molecular formula is C39H45F3N8O2. The molecule has 9 rings (SSSR count). The van der Waals surface area contributed by atoms with E-state index in [1.807, 2.05) is 24.8 Å². The van der Waals surface area contributed by atoms with Crippen LogP contribution in [0.1, 0.15) is 61.1 Å². The van der Waals surface area contributed by atoms with Crippen LogP contribution in [0.5, 0.6) is 5.75 Å². The monoisotopic (exact) mass is 714 g/mol. The topological polar surface area (TPSA) is 93.7 Å². The average Bonchev–Trinajstić information content (AvgIpc) is 3.59. The van der Waals surface area contributed by atoms with Gasteiger partial charge < -0.3 is 19.4 Å². The van der Waals surface area contributed by atoms with Crippen LogP contribution in [0.3, 0.4) is 0 Å². The van der Waals surface area contributed by atoms with E-state index in [1.54, 1.807) is 6.20 Å². The summed E-state index contributed by atoms with van der Waals surface area (Å²) in [4.78, 5) is 31.5. The molecule has 5 aliphatic rings. The number of ether oxygens (including phenoxy) is 1. The zero-order valence-electron chi connectivity index (χ0n) is 29.9. The predicted molar refractivity (Wildman–Crippen MR) is 195 cm³/mol. The first-order chi connectivity index (χ1) is 25.0. The number of carbonyl (C=O) groups is 1. The van der Waals surface area contributed by atoms with E-state index in [2.05, 4.69) is 37.5 Å². The lowest BCUT2D eigenvalue weighted by Crippen LogP contribution is -2.61. The Morgan fingerprint density at radius 3 is 2.42 bits per heavy atom. The molecule has 1 spiro atoms. The van der Waals surface area contributed by atoms with Gasteiger partial charge in [0.2, 0.25) is 11.9 Å². The van der Waals surface area contributed by atoms with Crippen molar-refractivity contribution in [2.75, 3.05) is 68.8 Å². The number of H-pyrrole nitrogens is 1. The number of aryl methyl sites for hydroxylation is 1. The van der Waals surface area contributed by atoms with E-state index >= 15 is 0 Å². The number of benzene rings is 2. The number of halogens is 3. The minimum absolute atomic E-state index is 0.0346. The van der Waals surface area contributed by atoms with Gasteiger partial charge >= 0.3 is 6.18 Å². The number of hydrogen-bond acceptors (Lipinski definition) is 8. The molecule has 6 heterocycles. The molecule has 1 saturated carbocycles. The van der Waals surface area contributed by atoms with Gasteiger partial charge in [-0.05, 0) is 112 Å². The summed E-state index contributed by atoms with van der Waals surface area (Å²) in [5, 5.41) is 8.99. The maximum absolute atomic E-state index is 14.1. The highest BCUT2D eigenvalue weighted by molar-refractivity contribution is 6.06. The molecule has 1 aliphatic carbocycles. The molecule has 4 aromatic rings. The summed E-state index contributed by atoms with van der Waals surface area (Å²) in [5.74, 6) is 1.60. The highest BCUT2D eigenvalue weighted by atomic mass is 19.4. The first-order valence-corrected chi connectivity index (χ1v) is 18.7. The Balaban J connectivity index is 1.20. The van der Waals surface area contributed by atoms with E-state index in [4.69, 9.17) is 14.7 Å². The van der Waals surface area contributed by atoms with Crippen LogP contribution in [-0.2, 0) is 4.79 Å². The van der Waals surface area contributed by atoms with Gasteiger partial charge in [0, 0.05) is 67.1 Å². The van der Waals surface area contributed by atoms with E-state index < -0.39 is 12.8 Å². The molecule has 0 atom stereocenters. The summed E-state index contributed by atoms with van der Waals surface area (Å²) in [6.45, 7) is 12.9. The van der Waals surface area contributed by atoms with Crippen molar-refractivity contribution in [1.29, 1.82) is 0 Å². The fourth-order valence-electron chi connectivity index (χ4n) is 9.05. The van der Waals surface area contributed by atoms with Crippen molar-refractivity contribution in [3.63, 3.8) is 0 Å². The number of anilines is 2. The molecule has 4 saturated heterocycles. The van der Waals surface area contributed by atoms with Crippen LogP contribution in [-0.4, -0.2) is 107 Å². The van der Waals surface area contributed by atoms with Gasteiger partial charge in [-0.2, -0.15) is 23.3 Å². The first kappa shape index (κ1) is 33.4. The molecular weight excluding hydrogens is 669 g/mol. The lowest BCUT2D eigenvalue weighted by Gasteiger charge is -2.54. The Morgan fingerprint density at radius 1 is 1.02 bits per heavy atom. The van der Waals surface area contributed by atoms with Crippen molar-refractivity contribution >= 4 is 39.5 Å². The second kappa shape index (κ2) is 12.3. The molecule has 0 unspecified atom stereocenters. The number of hydrogen-bond donors (Lipinski definition) is 1. The third-order valence-corrected chi connectivity index (χ3v) is 12.3. The predicted octanol–water partition coefficient (Wildman–Crippen LogP) is 6.51. The van der Waals surface area contributed by atoms with Gasteiger partial charge in [0.15, 0.2) is 12.4 Å². The molecule has 0 radical (unpaired) electrons. The number of alkyl halides is 3. The third kappa shape index (κ3) is 5.75. The van der Waals surface area contributed by atoms with E-state index in [0.717, 1.165) is 122 Å². The Hall–Kier alpha value is -4.39. The number of carbonyl (C=O) groups excluding carboxylic acids is 1. The normalized spacial score (nSPS) is 20.9. The lowest BCUT2D eigenvalue weighted by molar-refractivity contribution is -0.153. The Morgan fingerprint density at radius 2 is 1.75 bits per heavy atom. The maximum atomic E-state index is 14.1. The van der Waals surface area contributed by atoms with Crippen LogP contribution >= 0.6 is 0 Å². The van der Waals surface area contributed by atoms with Crippen LogP contribution in [0.4, 0.5) is 24.9 Å². The summed E-state index contributed by atoms with van der Waals surface area (Å²) >= 11 is 0. The molecule has 2 aromatic heterocycles. The zero-order chi connectivity index (χ0) is 35.9. The molecule has 10 nitrogen and oxygen atoms in total. The smallest absolute Gasteiger partial charge is 0.422 e. The maximum Gasteiger partial charge on any atom is 0.422 e. The van der Waals surface area contributed by atoms with Crippen molar-refractivity contribution in [3.05, 3.63) is 47.7 Å². The number of rotatable bonds is 8. The molecule has 4 aliphatic heterocycles. The van der Waals surface area contributed by atoms with E-state index in [9.17, 15) is 18.0 Å². The molecule has 52 heavy (non-hydrogen) atoms. The largest absolute Gasteiger partial charge is 0.481 e. The number of aromatic nitrogens is 4. The standard InChI is InChI=1S/C39H45F3N8O2/c1-4-31(51)50-20-38(21-50)9-13-48(14-10-38)36-28-16-27(25-7-8-25)33(32-24(3)23(2)15-30-29(32)17-43-46-30)35(52-22-39(40,41)42)34(28)44-37(45-36)49-18-26(19-49)47-11-5-6-12-47/h4,15-17,25-26H,1,5-14,18-22H2,2-3H3,(H,43,46). The molecule has 1 amide bonds. The minimum atomic E-state index is -4.55. The number of fused-ring (bicyclic) bond motifs is 2. The lowest BCUT2D eigenvalue weighted by atomic mass is 9.72. The Kier molecular flexibility index (Phi) is 7.94. The number of likely N-dealkylation sites (tertiary alicyclic amines) is 2. The van der Waals surface area contributed by atoms with Gasteiger partial charge in [0.25, 0.3) is 0 Å². The molecule has 274 valence electrons. The van der Waals surface area contributed by atoms with E-state index in [1.165, 1.54) is 18.9 Å². The van der Waals surface area contributed by atoms with Crippen LogP contribution < -0.4 is 14.5 Å². The van der Waals surface area contributed by atoms with Gasteiger partial charge in [-0.1, -0.05) is 6.58 Å². The Bertz CT molecular complexity index is 2060. The van der Waals surface area contributed by atoms with Crippen molar-refractivity contribution < 1.29 is 22.7 Å². The molecule has 1 N–H and O–H groups in total. The van der Waals surface area contributed by atoms with Crippen molar-refractivity contribution in [1.82, 2.24) is 30.0 Å². The van der Waals surface area contributed by atoms with Gasteiger partial charge in [-0.15, -0.1) is 0 Å². The zero-order valence-corrected chi connectivity index (χ0v) is 29.9. The van der Waals surface area contributed by atoms with Gasteiger partial charge in [-0.25, -0.2) is 4.98 Å². The van der Waals surface area contributed by atoms with Gasteiger partial charge in [0.05, 0.1) is 11.7 Å². The van der Waals surface area contributed by atoms with Crippen LogP contribution in [0.15, 0.2) is 31.0 Å². The highest BCUT2D eigenvalue weighted by Gasteiger charge is 2.47. The van der Waals surface area contributed by atoms with Gasteiger partial charge in [-0.3, -0.25) is 14.8 Å². The second-order valence-corrected chi connectivity index (χ2v) is 15.8. The van der Waals surface area contributed by atoms with Crippen molar-refractivity contribution in [3.8, 4) is 16.9 Å². The fourth-order valence-corrected chi connectivity index (χ4v) is 9.05. The minimum Gasteiger partial charge on any atom is -0.481 e. The van der Waals surface area contributed by atoms with Gasteiger partial charge in [0.1, 0.15) is 11.3 Å². The summed E-state index contributed by atoms with van der Waals surface area (Å²) in [7, 11) is 0. The summed E-state index contributed by atoms with van der Waals surface area (Å²) in [6.07, 6.45) is 4.67. The average molecular weight is 715 g/mol. The second-order valence-electron chi connectivity index (χ2n) is 15.8. The summed E-state index contributed by atoms with van der Waals surface area (Å²) in [6, 6.07) is 4.60. The van der Waals surface area contributed by atoms with Crippen LogP contribution in [0.2, 0.25) is 0 Å². The molecule has 5 fully saturated rings. The Labute approximate surface area is 301 Å². The fraction of sp³-hybridized carbons (Fsp3) is 0.538. The van der Waals surface area contributed by atoms with E-state index in [-0.39, 0.29) is 23.0 Å². The molecule has 13 heteroatoms. The van der Waals surface area contributed by atoms with Crippen LogP contribution in [0.25, 0.3) is 32.9 Å². The number of nitrogens with zero attached hydrogens (tertiary/aromatic N) is 7. The summed E-state index contributed by atoms with van der Waals surface area (Å²) < 4.78 is 48.3. The molecule has 2 aromatic carbocycles. The van der Waals surface area contributed by atoms with Crippen molar-refractivity contribution in [2.24, 2.45) is 5.41 Å². The highest BCUT2D eigenvalue weighted by Crippen LogP contribution is 2.54. The number of nitrogens with one attached hydrogen (secondary N) is 1. The number of piperidine rings is 1. The van der Waals surface area contributed by atoms with Crippen LogP contribution in [0, 0.1) is 19.3 Å². The molecule has 0 bridgehead atoms. The van der Waals surface area contributed by atoms with Crippen molar-refractivity contribution in [2.45, 2.75) is 70.5 Å². The first-order valence-electron chi connectivity index (χ1n) is 18.7. The SMILES string of the molecule is C=CC(=O)N1CC2(CCN(c3nc(N4CC(N5CCCC5)C4)nc4c(OCC(F)(F)F)c(-c5c(C)c(C)cc6[nH]ncc56)c(C5CC5)cc34)CC2)C1. The number of amides is 1. The third-order valence-electron chi connectivity index (χ3n) is 12.3. The van der Waals surface area contributed by atoms with E-state index in [0.29, 0.717) is 23.1 Å². The number of aromatic amines is 1. The quantitative estimate of drug-likeness (QED) is 0.207.